The van der Waals surface area contributed by atoms with Crippen molar-refractivity contribution < 1.29 is 14.6 Å². The van der Waals surface area contributed by atoms with Crippen LogP contribution in [0.2, 0.25) is 0 Å². The van der Waals surface area contributed by atoms with Crippen LogP contribution in [-0.2, 0) is 14.6 Å². The largest absolute Gasteiger partial charge is 0.381 e. The van der Waals surface area contributed by atoms with Crippen molar-refractivity contribution in [3.8, 4) is 0 Å². The summed E-state index contributed by atoms with van der Waals surface area (Å²) in [6.45, 7) is 5.75. The normalized spacial score (nSPS) is 11.8. The van der Waals surface area contributed by atoms with E-state index in [9.17, 15) is 4.79 Å². The van der Waals surface area contributed by atoms with Gasteiger partial charge in [-0.2, -0.15) is 0 Å². The number of hydrogen-bond donors (Lipinski definition) is 0. The highest BCUT2D eigenvalue weighted by molar-refractivity contribution is 5.87. The fourth-order valence-corrected chi connectivity index (χ4v) is 0.865. The van der Waals surface area contributed by atoms with Crippen LogP contribution in [0.25, 0.3) is 0 Å². The van der Waals surface area contributed by atoms with E-state index in [0.717, 1.165) is 12.8 Å². The van der Waals surface area contributed by atoms with Crippen molar-refractivity contribution in [2.24, 2.45) is 0 Å². The molecule has 0 aliphatic heterocycles. The number of carbonyl (C=O) groups is 1. The second kappa shape index (κ2) is 8.35. The van der Waals surface area contributed by atoms with Crippen molar-refractivity contribution in [2.75, 3.05) is 0 Å². The van der Waals surface area contributed by atoms with Gasteiger partial charge in [-0.15, -0.1) is 0 Å². The van der Waals surface area contributed by atoms with Gasteiger partial charge < -0.3 is 0 Å². The highest BCUT2D eigenvalue weighted by atomic mass is 17.2. The van der Waals surface area contributed by atoms with Gasteiger partial charge in [0.25, 0.3) is 0 Å². The molecule has 0 aromatic rings. The molecule has 0 bridgehead atoms. The molecule has 0 rings (SSSR count). The summed E-state index contributed by atoms with van der Waals surface area (Å²) in [5, 5.41) is 0. The average Bonchev–Trinajstić information content (AvgIpc) is 2.19. The van der Waals surface area contributed by atoms with Crippen molar-refractivity contribution in [1.82, 2.24) is 0 Å². The van der Waals surface area contributed by atoms with E-state index in [1.54, 1.807) is 13.0 Å². The van der Waals surface area contributed by atoms with E-state index in [1.165, 1.54) is 6.26 Å². The van der Waals surface area contributed by atoms with Crippen LogP contribution in [0, 0.1) is 0 Å². The lowest BCUT2D eigenvalue weighted by atomic mass is 10.2. The first kappa shape index (κ1) is 12.8. The Labute approximate surface area is 85.3 Å². The lowest BCUT2D eigenvalue weighted by Crippen LogP contribution is -2.05. The Morgan fingerprint density at radius 1 is 1.36 bits per heavy atom. The first-order valence-electron chi connectivity index (χ1n) is 4.94. The predicted molar refractivity (Wildman–Crippen MR) is 55.3 cm³/mol. The third kappa shape index (κ3) is 5.41. The fourth-order valence-electron chi connectivity index (χ4n) is 0.865. The summed E-state index contributed by atoms with van der Waals surface area (Å²) in [5.41, 5.74) is 0.619. The number of carbonyl (C=O) groups excluding carboxylic acids is 1. The topological polar surface area (TPSA) is 35.5 Å². The minimum Gasteiger partial charge on any atom is -0.295 e. The van der Waals surface area contributed by atoms with Gasteiger partial charge in [0.2, 0.25) is 0 Å². The van der Waals surface area contributed by atoms with E-state index < -0.39 is 5.97 Å². The summed E-state index contributed by atoms with van der Waals surface area (Å²) in [4.78, 5) is 20.3. The molecule has 0 aromatic carbocycles. The van der Waals surface area contributed by atoms with Crippen molar-refractivity contribution in [2.45, 2.75) is 40.0 Å². The monoisotopic (exact) mass is 198 g/mol. The maximum atomic E-state index is 11.2. The maximum absolute atomic E-state index is 11.2. The summed E-state index contributed by atoms with van der Waals surface area (Å²) in [5.74, 6) is -0.420. The maximum Gasteiger partial charge on any atom is 0.381 e. The van der Waals surface area contributed by atoms with Crippen molar-refractivity contribution in [1.29, 1.82) is 0 Å². The molecule has 3 nitrogen and oxygen atoms in total. The third-order valence-corrected chi connectivity index (χ3v) is 1.72. The van der Waals surface area contributed by atoms with Crippen LogP contribution < -0.4 is 0 Å². The zero-order valence-electron chi connectivity index (χ0n) is 9.08. The van der Waals surface area contributed by atoms with Crippen LogP contribution in [0.15, 0.2) is 24.0 Å². The van der Waals surface area contributed by atoms with Crippen molar-refractivity contribution in [3.63, 3.8) is 0 Å². The summed E-state index contributed by atoms with van der Waals surface area (Å²) in [6, 6.07) is 0. The molecular formula is C11H18O3. The van der Waals surface area contributed by atoms with Gasteiger partial charge in [-0.1, -0.05) is 26.3 Å². The van der Waals surface area contributed by atoms with Gasteiger partial charge in [-0.3, -0.25) is 4.89 Å². The lowest BCUT2D eigenvalue weighted by molar-refractivity contribution is -0.233. The van der Waals surface area contributed by atoms with Crippen LogP contribution in [0.1, 0.15) is 40.0 Å². The molecule has 0 aliphatic carbocycles. The quantitative estimate of drug-likeness (QED) is 0.285. The van der Waals surface area contributed by atoms with Gasteiger partial charge >= 0.3 is 5.97 Å². The zero-order valence-corrected chi connectivity index (χ0v) is 9.08. The van der Waals surface area contributed by atoms with Gasteiger partial charge in [0.1, 0.15) is 6.26 Å². The number of allylic oxidation sites excluding steroid dienone is 2. The van der Waals surface area contributed by atoms with Crippen LogP contribution in [0.3, 0.4) is 0 Å². The molecule has 0 radical (unpaired) electrons. The molecule has 0 fully saturated rings. The highest BCUT2D eigenvalue weighted by Gasteiger charge is 2.07. The van der Waals surface area contributed by atoms with Crippen LogP contribution in [0.5, 0.6) is 0 Å². The Morgan fingerprint density at radius 3 is 2.57 bits per heavy atom. The first-order valence-corrected chi connectivity index (χ1v) is 4.94. The highest BCUT2D eigenvalue weighted by Crippen LogP contribution is 2.03. The molecule has 14 heavy (non-hydrogen) atoms. The van der Waals surface area contributed by atoms with Crippen LogP contribution >= 0.6 is 0 Å². The van der Waals surface area contributed by atoms with Crippen molar-refractivity contribution in [3.05, 3.63) is 24.0 Å². The fraction of sp³-hybridized carbons (Fsp3) is 0.545. The second-order valence-electron chi connectivity index (χ2n) is 2.79. The number of hydrogen-bond acceptors (Lipinski definition) is 3. The Balaban J connectivity index is 3.74. The molecule has 0 N–H and O–H groups in total. The molecule has 0 heterocycles. The Hall–Kier alpha value is -1.25. The molecule has 3 heteroatoms. The SMILES string of the molecule is CC=C(CC)C(=O)OOC=CCCC. The van der Waals surface area contributed by atoms with Crippen LogP contribution in [-0.4, -0.2) is 5.97 Å². The summed E-state index contributed by atoms with van der Waals surface area (Å²) >= 11 is 0. The number of unbranched alkanes of at least 4 members (excludes halogenated alkanes) is 1. The van der Waals surface area contributed by atoms with Gasteiger partial charge in [0.05, 0.1) is 0 Å². The van der Waals surface area contributed by atoms with Gasteiger partial charge in [-0.05, 0) is 25.8 Å². The third-order valence-electron chi connectivity index (χ3n) is 1.72. The molecule has 0 saturated heterocycles. The minimum absolute atomic E-state index is 0.420. The summed E-state index contributed by atoms with van der Waals surface area (Å²) in [7, 11) is 0. The summed E-state index contributed by atoms with van der Waals surface area (Å²) in [6.07, 6.45) is 7.54. The van der Waals surface area contributed by atoms with E-state index in [4.69, 9.17) is 0 Å². The van der Waals surface area contributed by atoms with Gasteiger partial charge in [-0.25, -0.2) is 9.68 Å². The first-order chi connectivity index (χ1) is 6.76. The van der Waals surface area contributed by atoms with Crippen LogP contribution in [0.4, 0.5) is 0 Å². The Morgan fingerprint density at radius 2 is 2.07 bits per heavy atom. The summed E-state index contributed by atoms with van der Waals surface area (Å²) < 4.78 is 0. The molecule has 0 unspecified atom stereocenters. The molecule has 0 aliphatic rings. The van der Waals surface area contributed by atoms with Crippen molar-refractivity contribution >= 4 is 5.97 Å². The minimum atomic E-state index is -0.420. The smallest absolute Gasteiger partial charge is 0.295 e. The molecule has 0 spiro atoms. The Bertz CT molecular complexity index is 217. The number of rotatable bonds is 6. The van der Waals surface area contributed by atoms with E-state index in [-0.39, 0.29) is 0 Å². The average molecular weight is 198 g/mol. The van der Waals surface area contributed by atoms with E-state index in [1.807, 2.05) is 13.0 Å². The Kier molecular flexibility index (Phi) is 7.61. The van der Waals surface area contributed by atoms with E-state index in [2.05, 4.69) is 16.7 Å². The standard InChI is InChI=1S/C11H18O3/c1-4-7-8-9-13-14-11(12)10(5-2)6-3/h5,8-9H,4,6-7H2,1-3H3. The second-order valence-corrected chi connectivity index (χ2v) is 2.79. The van der Waals surface area contributed by atoms with E-state index >= 15 is 0 Å². The molecular weight excluding hydrogens is 180 g/mol. The zero-order chi connectivity index (χ0) is 10.8. The predicted octanol–water partition coefficient (Wildman–Crippen LogP) is 3.13. The van der Waals surface area contributed by atoms with Gasteiger partial charge in [0.15, 0.2) is 0 Å². The lowest BCUT2D eigenvalue weighted by Gasteiger charge is -2.01. The molecule has 0 aromatic heterocycles. The molecule has 0 saturated carbocycles. The van der Waals surface area contributed by atoms with E-state index in [0.29, 0.717) is 12.0 Å². The molecule has 0 amide bonds. The van der Waals surface area contributed by atoms with Gasteiger partial charge in [0, 0.05) is 5.57 Å². The molecule has 80 valence electrons. The molecule has 0 atom stereocenters.